The van der Waals surface area contributed by atoms with Crippen LogP contribution in [0.1, 0.15) is 12.0 Å². The molecule has 20 heavy (non-hydrogen) atoms. The molecule has 0 bridgehead atoms. The first-order valence-corrected chi connectivity index (χ1v) is 7.17. The van der Waals surface area contributed by atoms with Crippen molar-refractivity contribution in [3.63, 3.8) is 0 Å². The van der Waals surface area contributed by atoms with Gasteiger partial charge in [0.05, 0.1) is 0 Å². The smallest absolute Gasteiger partial charge is 0.272 e. The van der Waals surface area contributed by atoms with E-state index in [0.29, 0.717) is 17.3 Å². The number of phenolic OH excluding ortho intramolecular Hbond substituents is 1. The summed E-state index contributed by atoms with van der Waals surface area (Å²) in [5.74, 6) is 0.917. The van der Waals surface area contributed by atoms with Crippen LogP contribution >= 0.6 is 11.8 Å². The molecule has 0 radical (unpaired) electrons. The van der Waals surface area contributed by atoms with Crippen molar-refractivity contribution in [2.24, 2.45) is 0 Å². The van der Waals surface area contributed by atoms with Gasteiger partial charge in [0.1, 0.15) is 23.1 Å². The van der Waals surface area contributed by atoms with Gasteiger partial charge >= 0.3 is 0 Å². The Morgan fingerprint density at radius 1 is 1.40 bits per heavy atom. The Hall–Kier alpha value is -2.26. The molecule has 0 spiro atoms. The van der Waals surface area contributed by atoms with Crippen LogP contribution in [-0.2, 0) is 6.54 Å². The Bertz CT molecular complexity index is 777. The number of aromatic hydroxyl groups is 1. The number of para-hydroxylation sites is 1. The van der Waals surface area contributed by atoms with Gasteiger partial charge in [-0.2, -0.15) is 5.26 Å². The second-order valence-electron chi connectivity index (χ2n) is 4.41. The Labute approximate surface area is 119 Å². The Morgan fingerprint density at radius 2 is 2.20 bits per heavy atom. The molecule has 1 aliphatic heterocycles. The molecule has 6 heteroatoms. The lowest BCUT2D eigenvalue weighted by atomic mass is 10.1. The van der Waals surface area contributed by atoms with Crippen molar-refractivity contribution in [3.8, 4) is 23.1 Å². The van der Waals surface area contributed by atoms with Crippen LogP contribution < -0.4 is 5.56 Å². The molecule has 5 nitrogen and oxygen atoms in total. The molecule has 0 atom stereocenters. The molecular weight excluding hydrogens is 274 g/mol. The predicted octanol–water partition coefficient (Wildman–Crippen LogP) is 1.98. The molecule has 1 aromatic heterocycles. The van der Waals surface area contributed by atoms with Gasteiger partial charge < -0.3 is 5.11 Å². The van der Waals surface area contributed by atoms with Crippen molar-refractivity contribution in [1.82, 2.24) is 9.55 Å². The molecule has 1 N–H and O–H groups in total. The molecular formula is C14H11N3O2S. The zero-order valence-corrected chi connectivity index (χ0v) is 11.4. The average Bonchev–Trinajstić information content (AvgIpc) is 2.48. The van der Waals surface area contributed by atoms with E-state index in [1.54, 1.807) is 18.2 Å². The van der Waals surface area contributed by atoms with E-state index in [4.69, 9.17) is 0 Å². The van der Waals surface area contributed by atoms with Gasteiger partial charge in [-0.3, -0.25) is 9.36 Å². The molecule has 100 valence electrons. The maximum atomic E-state index is 12.4. The van der Waals surface area contributed by atoms with Crippen molar-refractivity contribution in [2.75, 3.05) is 5.75 Å². The van der Waals surface area contributed by atoms with Gasteiger partial charge in [0.2, 0.25) is 0 Å². The number of aromatic nitrogens is 2. The van der Waals surface area contributed by atoms with Crippen molar-refractivity contribution in [3.05, 3.63) is 40.2 Å². The lowest BCUT2D eigenvalue weighted by molar-refractivity contribution is 0.476. The SMILES string of the molecule is N#Cc1c(-c2ccccc2O)nc2n(c1=O)CCCS2. The van der Waals surface area contributed by atoms with Gasteiger partial charge in [-0.05, 0) is 18.6 Å². The third-order valence-electron chi connectivity index (χ3n) is 3.16. The third kappa shape index (κ3) is 1.96. The highest BCUT2D eigenvalue weighted by Gasteiger charge is 2.21. The highest BCUT2D eigenvalue weighted by molar-refractivity contribution is 7.99. The number of phenols is 1. The van der Waals surface area contributed by atoms with E-state index in [1.165, 1.54) is 22.4 Å². The highest BCUT2D eigenvalue weighted by Crippen LogP contribution is 2.31. The molecule has 1 aromatic carbocycles. The van der Waals surface area contributed by atoms with Crippen LogP contribution in [0.15, 0.2) is 34.2 Å². The summed E-state index contributed by atoms with van der Waals surface area (Å²) in [4.78, 5) is 16.8. The van der Waals surface area contributed by atoms with Gasteiger partial charge in [0, 0.05) is 17.9 Å². The van der Waals surface area contributed by atoms with Gasteiger partial charge in [-0.1, -0.05) is 23.9 Å². The first-order chi connectivity index (χ1) is 9.72. The Balaban J connectivity index is 2.32. The fourth-order valence-electron chi connectivity index (χ4n) is 2.20. The normalized spacial score (nSPS) is 13.6. The van der Waals surface area contributed by atoms with Crippen LogP contribution in [0.5, 0.6) is 5.75 Å². The molecule has 2 heterocycles. The number of hydrogen-bond acceptors (Lipinski definition) is 5. The van der Waals surface area contributed by atoms with Crippen molar-refractivity contribution in [2.45, 2.75) is 18.1 Å². The van der Waals surface area contributed by atoms with E-state index >= 15 is 0 Å². The standard InChI is InChI=1S/C14H11N3O2S/c15-8-10-12(9-4-1-2-5-11(9)18)16-14-17(13(10)19)6-3-7-20-14/h1-2,4-5,18H,3,6-7H2. The fourth-order valence-corrected chi connectivity index (χ4v) is 3.14. The first kappa shape index (κ1) is 12.8. The van der Waals surface area contributed by atoms with Crippen LogP contribution in [0, 0.1) is 11.3 Å². The van der Waals surface area contributed by atoms with Crippen molar-refractivity contribution < 1.29 is 5.11 Å². The van der Waals surface area contributed by atoms with Crippen LogP contribution in [0.3, 0.4) is 0 Å². The second kappa shape index (κ2) is 5.02. The topological polar surface area (TPSA) is 78.9 Å². The van der Waals surface area contributed by atoms with E-state index < -0.39 is 0 Å². The maximum Gasteiger partial charge on any atom is 0.272 e. The minimum Gasteiger partial charge on any atom is -0.507 e. The van der Waals surface area contributed by atoms with Crippen LogP contribution in [0.25, 0.3) is 11.3 Å². The van der Waals surface area contributed by atoms with E-state index in [-0.39, 0.29) is 22.6 Å². The van der Waals surface area contributed by atoms with Crippen molar-refractivity contribution >= 4 is 11.8 Å². The minimum atomic E-state index is -0.331. The molecule has 3 rings (SSSR count). The van der Waals surface area contributed by atoms with Crippen molar-refractivity contribution in [1.29, 1.82) is 5.26 Å². The average molecular weight is 285 g/mol. The zero-order chi connectivity index (χ0) is 14.1. The Morgan fingerprint density at radius 3 is 2.95 bits per heavy atom. The number of benzene rings is 1. The largest absolute Gasteiger partial charge is 0.507 e. The number of fused-ring (bicyclic) bond motifs is 1. The maximum absolute atomic E-state index is 12.4. The number of nitrogens with zero attached hydrogens (tertiary/aromatic N) is 3. The minimum absolute atomic E-state index is 0.0154. The molecule has 0 unspecified atom stereocenters. The summed E-state index contributed by atoms with van der Waals surface area (Å²) in [5, 5.41) is 19.8. The van der Waals surface area contributed by atoms with Gasteiger partial charge in [-0.25, -0.2) is 4.98 Å². The molecule has 2 aromatic rings. The van der Waals surface area contributed by atoms with Gasteiger partial charge in [-0.15, -0.1) is 0 Å². The summed E-state index contributed by atoms with van der Waals surface area (Å²) < 4.78 is 1.54. The van der Waals surface area contributed by atoms with E-state index in [9.17, 15) is 15.2 Å². The second-order valence-corrected chi connectivity index (χ2v) is 5.47. The predicted molar refractivity (Wildman–Crippen MR) is 75.7 cm³/mol. The van der Waals surface area contributed by atoms with Crippen LogP contribution in [0.4, 0.5) is 0 Å². The lowest BCUT2D eigenvalue weighted by Gasteiger charge is -2.18. The summed E-state index contributed by atoms with van der Waals surface area (Å²) in [6.45, 7) is 0.587. The van der Waals surface area contributed by atoms with E-state index in [0.717, 1.165) is 12.2 Å². The summed E-state index contributed by atoms with van der Waals surface area (Å²) in [7, 11) is 0. The van der Waals surface area contributed by atoms with Gasteiger partial charge in [0.15, 0.2) is 5.16 Å². The van der Waals surface area contributed by atoms with E-state index in [2.05, 4.69) is 4.98 Å². The van der Waals surface area contributed by atoms with Crippen LogP contribution in [0.2, 0.25) is 0 Å². The number of hydrogen-bond donors (Lipinski definition) is 1. The molecule has 0 aliphatic carbocycles. The summed E-state index contributed by atoms with van der Waals surface area (Å²) in [5.41, 5.74) is 0.327. The molecule has 0 saturated carbocycles. The Kier molecular flexibility index (Phi) is 3.20. The number of nitriles is 1. The summed E-state index contributed by atoms with van der Waals surface area (Å²) >= 11 is 1.50. The lowest BCUT2D eigenvalue weighted by Crippen LogP contribution is -2.28. The summed E-state index contributed by atoms with van der Waals surface area (Å²) in [6, 6.07) is 8.52. The molecule has 0 fully saturated rings. The molecule has 0 amide bonds. The molecule has 0 saturated heterocycles. The van der Waals surface area contributed by atoms with Gasteiger partial charge in [0.25, 0.3) is 5.56 Å². The number of thioether (sulfide) groups is 1. The summed E-state index contributed by atoms with van der Waals surface area (Å²) in [6.07, 6.45) is 0.889. The third-order valence-corrected chi connectivity index (χ3v) is 4.23. The zero-order valence-electron chi connectivity index (χ0n) is 10.5. The number of rotatable bonds is 1. The van der Waals surface area contributed by atoms with E-state index in [1.807, 2.05) is 6.07 Å². The highest BCUT2D eigenvalue weighted by atomic mass is 32.2. The van der Waals surface area contributed by atoms with Crippen LogP contribution in [-0.4, -0.2) is 20.4 Å². The fraction of sp³-hybridized carbons (Fsp3) is 0.214. The molecule has 1 aliphatic rings. The monoisotopic (exact) mass is 285 g/mol. The quantitative estimate of drug-likeness (QED) is 0.810. The first-order valence-electron chi connectivity index (χ1n) is 6.18.